The Bertz CT molecular complexity index is 402. The topological polar surface area (TPSA) is 89.3 Å². The minimum atomic E-state index is -0.0932. The lowest BCUT2D eigenvalue weighted by molar-refractivity contribution is -0.116. The van der Waals surface area contributed by atoms with Crippen LogP contribution in [0, 0.1) is 0 Å². The summed E-state index contributed by atoms with van der Waals surface area (Å²) >= 11 is 0. The Balaban J connectivity index is 1.78. The molecule has 6 heteroatoms. The number of carbonyl (C=O) groups excluding carboxylic acids is 1. The van der Waals surface area contributed by atoms with Crippen LogP contribution >= 0.6 is 0 Å². The van der Waals surface area contributed by atoms with Crippen molar-refractivity contribution < 1.29 is 9.53 Å². The van der Waals surface area contributed by atoms with Gasteiger partial charge in [-0.25, -0.2) is 4.98 Å². The molecule has 1 unspecified atom stereocenters. The van der Waals surface area contributed by atoms with E-state index >= 15 is 0 Å². The maximum atomic E-state index is 11.3. The van der Waals surface area contributed by atoms with Gasteiger partial charge in [0, 0.05) is 26.1 Å². The number of pyridine rings is 1. The fourth-order valence-corrected chi connectivity index (χ4v) is 1.95. The van der Waals surface area contributed by atoms with Crippen molar-refractivity contribution in [2.45, 2.75) is 25.4 Å². The van der Waals surface area contributed by atoms with E-state index in [1.807, 2.05) is 12.1 Å². The van der Waals surface area contributed by atoms with E-state index in [0.717, 1.165) is 31.8 Å². The predicted octanol–water partition coefficient (Wildman–Crippen LogP) is 0.960. The fraction of sp³-hybridized carbons (Fsp3) is 0.538. The van der Waals surface area contributed by atoms with Gasteiger partial charge in [0.2, 0.25) is 5.91 Å². The van der Waals surface area contributed by atoms with E-state index in [0.29, 0.717) is 18.7 Å². The van der Waals surface area contributed by atoms with E-state index < -0.39 is 0 Å². The van der Waals surface area contributed by atoms with E-state index in [-0.39, 0.29) is 12.0 Å². The first-order valence-electron chi connectivity index (χ1n) is 6.59. The summed E-state index contributed by atoms with van der Waals surface area (Å²) in [5.41, 5.74) is 5.99. The highest BCUT2D eigenvalue weighted by Crippen LogP contribution is 2.14. The van der Waals surface area contributed by atoms with Crippen LogP contribution in [0.4, 0.5) is 11.5 Å². The number of nitrogens with one attached hydrogen (secondary N) is 2. The van der Waals surface area contributed by atoms with Gasteiger partial charge in [-0.1, -0.05) is 0 Å². The van der Waals surface area contributed by atoms with Crippen LogP contribution in [0.1, 0.15) is 19.3 Å². The second-order valence-electron chi connectivity index (χ2n) is 4.53. The molecule has 19 heavy (non-hydrogen) atoms. The van der Waals surface area contributed by atoms with E-state index in [1.165, 1.54) is 0 Å². The summed E-state index contributed by atoms with van der Waals surface area (Å²) in [6.45, 7) is 1.97. The van der Waals surface area contributed by atoms with Crippen LogP contribution in [0.3, 0.4) is 0 Å². The third-order valence-corrected chi connectivity index (χ3v) is 2.95. The smallest absolute Gasteiger partial charge is 0.225 e. The minimum absolute atomic E-state index is 0.0932. The number of carbonyl (C=O) groups is 1. The summed E-state index contributed by atoms with van der Waals surface area (Å²) < 4.78 is 5.52. The predicted molar refractivity (Wildman–Crippen MR) is 74.0 cm³/mol. The number of nitrogens with two attached hydrogens (primary N) is 1. The molecular formula is C13H20N4O2. The maximum absolute atomic E-state index is 11.3. The first-order chi connectivity index (χ1) is 9.28. The number of aromatic nitrogens is 1. The van der Waals surface area contributed by atoms with Crippen molar-refractivity contribution in [2.75, 3.05) is 30.3 Å². The number of anilines is 2. The molecule has 2 heterocycles. The molecule has 6 nitrogen and oxygen atoms in total. The molecule has 0 bridgehead atoms. The number of hydrogen-bond acceptors (Lipinski definition) is 5. The third-order valence-electron chi connectivity index (χ3n) is 2.95. The summed E-state index contributed by atoms with van der Waals surface area (Å²) in [5, 5.41) is 5.96. The first-order valence-corrected chi connectivity index (χ1v) is 6.59. The average Bonchev–Trinajstić information content (AvgIpc) is 2.91. The molecule has 0 spiro atoms. The number of amides is 1. The van der Waals surface area contributed by atoms with Gasteiger partial charge in [0.15, 0.2) is 0 Å². The van der Waals surface area contributed by atoms with Crippen molar-refractivity contribution in [3.8, 4) is 0 Å². The molecule has 1 aliphatic heterocycles. The van der Waals surface area contributed by atoms with Gasteiger partial charge in [-0.15, -0.1) is 0 Å². The molecule has 0 aromatic carbocycles. The van der Waals surface area contributed by atoms with E-state index in [9.17, 15) is 4.79 Å². The molecule has 104 valence electrons. The molecule has 1 saturated heterocycles. The highest BCUT2D eigenvalue weighted by Gasteiger charge is 2.14. The van der Waals surface area contributed by atoms with Gasteiger partial charge in [-0.2, -0.15) is 0 Å². The second-order valence-corrected chi connectivity index (χ2v) is 4.53. The van der Waals surface area contributed by atoms with Crippen molar-refractivity contribution in [1.82, 2.24) is 4.98 Å². The van der Waals surface area contributed by atoms with Crippen LogP contribution in [0.25, 0.3) is 0 Å². The van der Waals surface area contributed by atoms with E-state index in [4.69, 9.17) is 10.5 Å². The third kappa shape index (κ3) is 4.50. The van der Waals surface area contributed by atoms with Crippen LogP contribution in [0.5, 0.6) is 0 Å². The lowest BCUT2D eigenvalue weighted by atomic mass is 10.2. The normalized spacial score (nSPS) is 18.3. The van der Waals surface area contributed by atoms with Gasteiger partial charge in [-0.3, -0.25) is 4.79 Å². The highest BCUT2D eigenvalue weighted by atomic mass is 16.5. The van der Waals surface area contributed by atoms with Crippen molar-refractivity contribution in [3.05, 3.63) is 18.3 Å². The Morgan fingerprint density at radius 1 is 1.53 bits per heavy atom. The molecule has 1 aromatic rings. The highest BCUT2D eigenvalue weighted by molar-refractivity contribution is 5.90. The zero-order valence-electron chi connectivity index (χ0n) is 10.9. The zero-order valence-corrected chi connectivity index (χ0v) is 10.9. The van der Waals surface area contributed by atoms with Gasteiger partial charge >= 0.3 is 0 Å². The lowest BCUT2D eigenvalue weighted by Crippen LogP contribution is -2.19. The number of nitrogens with zero attached hydrogens (tertiary/aromatic N) is 1. The van der Waals surface area contributed by atoms with Gasteiger partial charge in [0.05, 0.1) is 18.0 Å². The summed E-state index contributed by atoms with van der Waals surface area (Å²) in [6.07, 6.45) is 4.46. The Morgan fingerprint density at radius 2 is 2.42 bits per heavy atom. The monoisotopic (exact) mass is 264 g/mol. The van der Waals surface area contributed by atoms with Crippen LogP contribution < -0.4 is 16.4 Å². The fourth-order valence-electron chi connectivity index (χ4n) is 1.95. The quantitative estimate of drug-likeness (QED) is 0.712. The Morgan fingerprint density at radius 3 is 3.05 bits per heavy atom. The summed E-state index contributed by atoms with van der Waals surface area (Å²) in [4.78, 5) is 15.6. The Kier molecular flexibility index (Phi) is 5.11. The van der Waals surface area contributed by atoms with Crippen LogP contribution in [0.15, 0.2) is 18.3 Å². The van der Waals surface area contributed by atoms with Gasteiger partial charge < -0.3 is 21.1 Å². The molecular weight excluding hydrogens is 244 g/mol. The van der Waals surface area contributed by atoms with Gasteiger partial charge in [0.1, 0.15) is 5.82 Å². The first kappa shape index (κ1) is 13.8. The van der Waals surface area contributed by atoms with Crippen LogP contribution in [0.2, 0.25) is 0 Å². The minimum Gasteiger partial charge on any atom is -0.376 e. The van der Waals surface area contributed by atoms with E-state index in [1.54, 1.807) is 6.20 Å². The molecule has 1 aromatic heterocycles. The molecule has 0 saturated carbocycles. The number of hydrogen-bond donors (Lipinski definition) is 3. The number of rotatable bonds is 6. The standard InChI is InChI=1S/C13H20N4O2/c14-6-5-13(18)17-10-3-4-12(15-8-10)16-9-11-2-1-7-19-11/h3-4,8,11H,1-2,5-7,9,14H2,(H,15,16)(H,17,18). The molecule has 4 N–H and O–H groups in total. The van der Waals surface area contributed by atoms with Gasteiger partial charge in [0.25, 0.3) is 0 Å². The van der Waals surface area contributed by atoms with Crippen molar-refractivity contribution >= 4 is 17.4 Å². The average molecular weight is 264 g/mol. The second kappa shape index (κ2) is 7.06. The zero-order chi connectivity index (χ0) is 13.5. The maximum Gasteiger partial charge on any atom is 0.225 e. The largest absolute Gasteiger partial charge is 0.376 e. The van der Waals surface area contributed by atoms with Gasteiger partial charge in [-0.05, 0) is 25.0 Å². The van der Waals surface area contributed by atoms with Crippen LogP contribution in [-0.4, -0.2) is 36.7 Å². The SMILES string of the molecule is NCCC(=O)Nc1ccc(NCC2CCCO2)nc1. The molecule has 0 aliphatic carbocycles. The Labute approximate surface area is 112 Å². The van der Waals surface area contributed by atoms with E-state index in [2.05, 4.69) is 15.6 Å². The summed E-state index contributed by atoms with van der Waals surface area (Å²) in [6, 6.07) is 3.66. The molecule has 2 rings (SSSR count). The summed E-state index contributed by atoms with van der Waals surface area (Å²) in [5.74, 6) is 0.691. The number of ether oxygens (including phenoxy) is 1. The Hall–Kier alpha value is -1.66. The molecule has 0 radical (unpaired) electrons. The van der Waals surface area contributed by atoms with Crippen molar-refractivity contribution in [1.29, 1.82) is 0 Å². The summed E-state index contributed by atoms with van der Waals surface area (Å²) in [7, 11) is 0. The molecule has 1 aliphatic rings. The lowest BCUT2D eigenvalue weighted by Gasteiger charge is -2.11. The van der Waals surface area contributed by atoms with Crippen LogP contribution in [-0.2, 0) is 9.53 Å². The van der Waals surface area contributed by atoms with Crippen molar-refractivity contribution in [2.24, 2.45) is 5.73 Å². The van der Waals surface area contributed by atoms with Crippen molar-refractivity contribution in [3.63, 3.8) is 0 Å². The molecule has 1 atom stereocenters. The molecule has 1 fully saturated rings. The molecule has 1 amide bonds.